The van der Waals surface area contributed by atoms with E-state index in [4.69, 9.17) is 20.3 Å². The molecule has 1 aliphatic rings. The first-order chi connectivity index (χ1) is 13.9. The van der Waals surface area contributed by atoms with Crippen molar-refractivity contribution in [2.24, 2.45) is 0 Å². The van der Waals surface area contributed by atoms with E-state index in [-0.39, 0.29) is 17.0 Å². The molecule has 0 bridgehead atoms. The summed E-state index contributed by atoms with van der Waals surface area (Å²) in [6.07, 6.45) is -3.48. The lowest BCUT2D eigenvalue weighted by molar-refractivity contribution is -0.0503. The van der Waals surface area contributed by atoms with Crippen molar-refractivity contribution in [2.75, 3.05) is 12.3 Å². The van der Waals surface area contributed by atoms with Crippen LogP contribution in [0.25, 0.3) is 11.2 Å². The van der Waals surface area contributed by atoms with E-state index in [9.17, 15) is 28.8 Å². The summed E-state index contributed by atoms with van der Waals surface area (Å²) in [7, 11) is -14.6. The summed E-state index contributed by atoms with van der Waals surface area (Å²) >= 11 is 0. The summed E-state index contributed by atoms with van der Waals surface area (Å²) in [5.74, 6) is 0.0612. The number of aliphatic hydroxyl groups excluding tert-OH is 2. The second-order valence-electron chi connectivity index (χ2n) is 5.80. The van der Waals surface area contributed by atoms with E-state index in [2.05, 4.69) is 28.1 Å². The van der Waals surface area contributed by atoms with E-state index >= 15 is 0 Å². The van der Waals surface area contributed by atoms with Crippen LogP contribution in [0.4, 0.5) is 5.82 Å². The van der Waals surface area contributed by atoms with Crippen LogP contribution in [-0.4, -0.2) is 69.3 Å². The van der Waals surface area contributed by atoms with Gasteiger partial charge in [-0.3, -0.25) is 13.7 Å². The van der Waals surface area contributed by atoms with Gasteiger partial charge in [-0.15, -0.1) is 0 Å². The number of aliphatic hydroxyl groups is 2. The normalized spacial score (nSPS) is 29.5. The van der Waals surface area contributed by atoms with Gasteiger partial charge in [0.2, 0.25) is 0 Å². The number of fused-ring (bicyclic) bond motifs is 1. The molecule has 0 aliphatic carbocycles. The Hall–Kier alpha value is -1.32. The average Bonchev–Trinajstić information content (AvgIpc) is 3.14. The predicted molar refractivity (Wildman–Crippen MR) is 94.7 cm³/mol. The molecule has 1 aliphatic heterocycles. The van der Waals surface area contributed by atoms with E-state index in [0.29, 0.717) is 0 Å². The summed E-state index contributed by atoms with van der Waals surface area (Å²) in [6, 6.07) is 0. The molecule has 2 aromatic rings. The number of hydrogen-bond acceptors (Lipinski definition) is 13. The molecule has 0 spiro atoms. The Morgan fingerprint density at radius 1 is 1.20 bits per heavy atom. The third-order valence-electron chi connectivity index (χ3n) is 3.80. The van der Waals surface area contributed by atoms with E-state index < -0.39 is 55.0 Å². The zero-order valence-corrected chi connectivity index (χ0v) is 17.3. The second-order valence-corrected chi connectivity index (χ2v) is 9.85. The molecule has 7 N–H and O–H groups in total. The van der Waals surface area contributed by atoms with Crippen LogP contribution in [-0.2, 0) is 31.6 Å². The predicted octanol–water partition coefficient (Wildman–Crippen LogP) is -1.34. The van der Waals surface area contributed by atoms with Crippen LogP contribution >= 0.6 is 23.9 Å². The average molecular weight is 491 g/mol. The van der Waals surface area contributed by atoms with Crippen LogP contribution in [0.2, 0.25) is 0 Å². The fourth-order valence-corrected chi connectivity index (χ4v) is 5.38. The molecule has 0 aromatic carbocycles. The largest absolute Gasteiger partial charge is 0.488 e. The Morgan fingerprint density at radius 2 is 1.90 bits per heavy atom. The van der Waals surface area contributed by atoms with Crippen LogP contribution in [0, 0.1) is 0 Å². The Labute approximate surface area is 167 Å². The summed E-state index contributed by atoms with van der Waals surface area (Å²) < 4.78 is 52.1. The fraction of sp³-hybridized carbons (Fsp3) is 0.500. The van der Waals surface area contributed by atoms with Crippen LogP contribution in [0.1, 0.15) is 6.23 Å². The minimum absolute atomic E-state index is 0.0612. The van der Waals surface area contributed by atoms with E-state index in [0.717, 1.165) is 6.33 Å². The molecular formula is C10H16N5O12P3. The van der Waals surface area contributed by atoms with Crippen molar-refractivity contribution in [3.05, 3.63) is 12.7 Å². The first-order valence-electron chi connectivity index (χ1n) is 7.79. The Bertz CT molecular complexity index is 1050. The quantitative estimate of drug-likeness (QED) is 0.233. The molecule has 7 atom stereocenters. The molecule has 0 radical (unpaired) electrons. The molecule has 168 valence electrons. The van der Waals surface area contributed by atoms with E-state index in [1.165, 1.54) is 10.9 Å². The number of nitrogen functional groups attached to an aromatic ring is 1. The monoisotopic (exact) mass is 491 g/mol. The van der Waals surface area contributed by atoms with E-state index in [1.807, 2.05) is 0 Å². The van der Waals surface area contributed by atoms with Gasteiger partial charge in [-0.2, -0.15) is 4.31 Å². The second kappa shape index (κ2) is 8.67. The maximum atomic E-state index is 11.8. The number of nitrogens with two attached hydrogens (primary N) is 1. The highest BCUT2D eigenvalue weighted by Gasteiger charge is 2.46. The fourth-order valence-electron chi connectivity index (χ4n) is 2.59. The molecule has 1 fully saturated rings. The Balaban J connectivity index is 1.70. The van der Waals surface area contributed by atoms with Gasteiger partial charge in [0.25, 0.3) is 0 Å². The summed E-state index contributed by atoms with van der Waals surface area (Å²) in [6.45, 7) is -0.888. The number of aromatic nitrogens is 4. The van der Waals surface area contributed by atoms with Gasteiger partial charge in [0, 0.05) is 0 Å². The highest BCUT2D eigenvalue weighted by Crippen LogP contribution is 2.63. The van der Waals surface area contributed by atoms with Gasteiger partial charge in [0.15, 0.2) is 17.7 Å². The van der Waals surface area contributed by atoms with Crippen molar-refractivity contribution in [2.45, 2.75) is 24.5 Å². The first kappa shape index (κ1) is 23.3. The number of hydrogen-bond donors (Lipinski definition) is 6. The van der Waals surface area contributed by atoms with Crippen LogP contribution in [0.15, 0.2) is 12.7 Å². The van der Waals surface area contributed by atoms with Gasteiger partial charge < -0.3 is 35.4 Å². The highest BCUT2D eigenvalue weighted by molar-refractivity contribution is 7.64. The van der Waals surface area contributed by atoms with Crippen molar-refractivity contribution >= 4 is 40.9 Å². The zero-order chi connectivity index (χ0) is 22.3. The number of phosphoric ester groups is 1. The SMILES string of the molecule is Nc1ncnc2c1ncn2[C@@H]1O[C@H](COP(=O)(O)OP(=O)(O)O[PH](=O)O)[C@@H](O)[C@H]1O. The standard InChI is InChI=1S/C10H16N5O12P3/c11-8-5-9(13-2-12-8)15(3-14-5)10-7(17)6(16)4(25-10)1-24-29(20,21)27-30(22,23)26-28(18)19/h2-4,6-7,10,16-17,28H,1H2,(H,18,19)(H,20,21)(H,22,23)(H2,11,12,13)/t4-,6-,7-,10-/m1/s1. The smallest absolute Gasteiger partial charge is 0.387 e. The van der Waals surface area contributed by atoms with Gasteiger partial charge in [0.05, 0.1) is 12.9 Å². The number of imidazole rings is 1. The van der Waals surface area contributed by atoms with Crippen LogP contribution in [0.3, 0.4) is 0 Å². The Kier molecular flexibility index (Phi) is 6.74. The third-order valence-corrected chi connectivity index (χ3v) is 7.47. The lowest BCUT2D eigenvalue weighted by Crippen LogP contribution is -2.33. The molecule has 0 amide bonds. The lowest BCUT2D eigenvalue weighted by Gasteiger charge is -2.18. The van der Waals surface area contributed by atoms with E-state index in [1.54, 1.807) is 0 Å². The first-order valence-corrected chi connectivity index (χ1v) is 12.0. The molecule has 3 heterocycles. The van der Waals surface area contributed by atoms with Gasteiger partial charge in [-0.05, 0) is 0 Å². The molecule has 3 unspecified atom stereocenters. The molecule has 20 heteroatoms. The number of rotatable bonds is 8. The molecule has 0 saturated carbocycles. The van der Waals surface area contributed by atoms with Crippen molar-refractivity contribution in [3.8, 4) is 0 Å². The number of anilines is 1. The van der Waals surface area contributed by atoms with Crippen molar-refractivity contribution in [3.63, 3.8) is 0 Å². The zero-order valence-electron chi connectivity index (χ0n) is 14.5. The number of ether oxygens (including phenoxy) is 1. The minimum Gasteiger partial charge on any atom is -0.387 e. The van der Waals surface area contributed by atoms with Crippen molar-refractivity contribution in [1.29, 1.82) is 0 Å². The molecule has 1 saturated heterocycles. The number of phosphoric acid groups is 2. The van der Waals surface area contributed by atoms with Gasteiger partial charge in [-0.25, -0.2) is 28.4 Å². The number of nitrogens with zero attached hydrogens (tertiary/aromatic N) is 4. The maximum absolute atomic E-state index is 11.8. The maximum Gasteiger partial charge on any atom is 0.488 e. The van der Waals surface area contributed by atoms with Crippen LogP contribution in [0.5, 0.6) is 0 Å². The summed E-state index contributed by atoms with van der Waals surface area (Å²) in [5.41, 5.74) is 6.06. The molecular weight excluding hydrogens is 475 g/mol. The van der Waals surface area contributed by atoms with Gasteiger partial charge in [-0.1, -0.05) is 0 Å². The lowest BCUT2D eigenvalue weighted by atomic mass is 10.1. The molecule has 3 rings (SSSR count). The third kappa shape index (κ3) is 5.11. The van der Waals surface area contributed by atoms with Crippen LogP contribution < -0.4 is 5.73 Å². The summed E-state index contributed by atoms with van der Waals surface area (Å²) in [4.78, 5) is 38.8. The molecule has 30 heavy (non-hydrogen) atoms. The van der Waals surface area contributed by atoms with Crippen molar-refractivity contribution in [1.82, 2.24) is 19.5 Å². The Morgan fingerprint density at radius 3 is 2.57 bits per heavy atom. The van der Waals surface area contributed by atoms with Crippen molar-refractivity contribution < 1.29 is 56.5 Å². The van der Waals surface area contributed by atoms with Gasteiger partial charge >= 0.3 is 23.9 Å². The summed E-state index contributed by atoms with van der Waals surface area (Å²) in [5, 5.41) is 20.4. The topological polar surface area (TPSA) is 259 Å². The minimum atomic E-state index is -5.39. The molecule has 2 aromatic heterocycles. The highest BCUT2D eigenvalue weighted by atomic mass is 31.3. The molecule has 17 nitrogen and oxygen atoms in total. The van der Waals surface area contributed by atoms with Gasteiger partial charge in [0.1, 0.15) is 30.2 Å².